The van der Waals surface area contributed by atoms with E-state index >= 15 is 0 Å². The number of aliphatic hydroxyl groups is 1. The van der Waals surface area contributed by atoms with Gasteiger partial charge in [-0.3, -0.25) is 4.79 Å². The fourth-order valence-corrected chi connectivity index (χ4v) is 4.70. The maximum Gasteiger partial charge on any atom is 0.316 e. The molecule has 0 aromatic heterocycles. The average molecular weight is 447 g/mol. The Kier molecular flexibility index (Phi) is 17.2. The van der Waals surface area contributed by atoms with Gasteiger partial charge in [0.15, 0.2) is 0 Å². The Morgan fingerprint density at radius 3 is 1.38 bits per heavy atom. The minimum atomic E-state index is -1.16. The van der Waals surface area contributed by atoms with Gasteiger partial charge in [-0.2, -0.15) is 0 Å². The van der Waals surface area contributed by atoms with Crippen molar-refractivity contribution in [1.82, 2.24) is 0 Å². The molecule has 0 amide bonds. The highest BCUT2D eigenvalue weighted by atomic mass is 16.4. The van der Waals surface area contributed by atoms with Crippen LogP contribution in [0.5, 0.6) is 0 Å². The highest BCUT2D eigenvalue weighted by Gasteiger charge is 2.39. The molecule has 2 N–H and O–H groups in total. The Labute approximate surface area is 198 Å². The van der Waals surface area contributed by atoms with Gasteiger partial charge in [0.25, 0.3) is 0 Å². The zero-order valence-corrected chi connectivity index (χ0v) is 20.8. The third-order valence-corrected chi connectivity index (χ3v) is 6.96. The summed E-state index contributed by atoms with van der Waals surface area (Å²) in [6.45, 7) is 1.94. The lowest BCUT2D eigenvalue weighted by Crippen LogP contribution is -2.39. The zero-order chi connectivity index (χ0) is 23.3. The van der Waals surface area contributed by atoms with E-state index in [-0.39, 0.29) is 6.61 Å². The van der Waals surface area contributed by atoms with Gasteiger partial charge in [0.05, 0.1) is 6.61 Å². The summed E-state index contributed by atoms with van der Waals surface area (Å²) in [7, 11) is 0. The predicted octanol–water partition coefficient (Wildman–Crippen LogP) is 8.43. The van der Waals surface area contributed by atoms with Crippen LogP contribution in [0, 0.1) is 0 Å². The van der Waals surface area contributed by atoms with Gasteiger partial charge in [0.2, 0.25) is 0 Å². The molecule has 1 aromatic rings. The van der Waals surface area contributed by atoms with Crippen LogP contribution in [-0.2, 0) is 10.2 Å². The summed E-state index contributed by atoms with van der Waals surface area (Å²) in [4.78, 5) is 11.9. The molecule has 0 spiro atoms. The summed E-state index contributed by atoms with van der Waals surface area (Å²) in [5, 5.41) is 19.6. The van der Waals surface area contributed by atoms with E-state index in [2.05, 4.69) is 6.92 Å². The molecule has 1 atom stereocenters. The second-order valence-electron chi connectivity index (χ2n) is 9.67. The summed E-state index contributed by atoms with van der Waals surface area (Å²) >= 11 is 0. The first kappa shape index (κ1) is 28.7. The SMILES string of the molecule is CCCCCCCCCCCCCCCCCCCCC(CO)(C(=O)O)c1ccccc1. The van der Waals surface area contributed by atoms with E-state index in [1.54, 1.807) is 0 Å². The molecule has 3 nitrogen and oxygen atoms in total. The van der Waals surface area contributed by atoms with Crippen molar-refractivity contribution in [1.29, 1.82) is 0 Å². The summed E-state index contributed by atoms with van der Waals surface area (Å²) < 4.78 is 0. The van der Waals surface area contributed by atoms with E-state index in [1.165, 1.54) is 96.3 Å². The molecule has 1 unspecified atom stereocenters. The molecule has 0 saturated heterocycles. The number of unbranched alkanes of at least 4 members (excludes halogenated alkanes) is 17. The molecule has 1 aromatic carbocycles. The Bertz CT molecular complexity index is 557. The first-order chi connectivity index (χ1) is 15.7. The zero-order valence-electron chi connectivity index (χ0n) is 20.8. The molecular formula is C29H50O3. The maximum atomic E-state index is 11.9. The lowest BCUT2D eigenvalue weighted by atomic mass is 9.77. The van der Waals surface area contributed by atoms with Gasteiger partial charge in [-0.1, -0.05) is 153 Å². The van der Waals surface area contributed by atoms with Crippen LogP contribution in [0.25, 0.3) is 0 Å². The normalized spacial score (nSPS) is 13.2. The Balaban J connectivity index is 1.97. The number of carboxylic acid groups (broad SMARTS) is 1. The van der Waals surface area contributed by atoms with Crippen LogP contribution in [-0.4, -0.2) is 22.8 Å². The molecular weight excluding hydrogens is 396 g/mol. The van der Waals surface area contributed by atoms with Crippen molar-refractivity contribution < 1.29 is 15.0 Å². The van der Waals surface area contributed by atoms with Gasteiger partial charge in [-0.05, 0) is 12.0 Å². The minimum absolute atomic E-state index is 0.342. The fourth-order valence-electron chi connectivity index (χ4n) is 4.70. The third kappa shape index (κ3) is 12.0. The van der Waals surface area contributed by atoms with Crippen LogP contribution >= 0.6 is 0 Å². The maximum absolute atomic E-state index is 11.9. The number of benzene rings is 1. The molecule has 1 rings (SSSR count). The Morgan fingerprint density at radius 2 is 1.03 bits per heavy atom. The predicted molar refractivity (Wildman–Crippen MR) is 136 cm³/mol. The monoisotopic (exact) mass is 446 g/mol. The van der Waals surface area contributed by atoms with E-state index in [9.17, 15) is 15.0 Å². The number of carbonyl (C=O) groups is 1. The summed E-state index contributed by atoms with van der Waals surface area (Å²) in [5.41, 5.74) is -0.446. The van der Waals surface area contributed by atoms with Crippen molar-refractivity contribution in [2.24, 2.45) is 0 Å². The quantitative estimate of drug-likeness (QED) is 0.176. The molecule has 32 heavy (non-hydrogen) atoms. The van der Waals surface area contributed by atoms with Gasteiger partial charge < -0.3 is 10.2 Å². The van der Waals surface area contributed by atoms with Crippen LogP contribution in [0.4, 0.5) is 0 Å². The van der Waals surface area contributed by atoms with Gasteiger partial charge in [-0.25, -0.2) is 0 Å². The average Bonchev–Trinajstić information content (AvgIpc) is 2.81. The highest BCUT2D eigenvalue weighted by Crippen LogP contribution is 2.30. The molecule has 3 heteroatoms. The molecule has 0 aliphatic heterocycles. The van der Waals surface area contributed by atoms with Crippen LogP contribution in [0.2, 0.25) is 0 Å². The Morgan fingerprint density at radius 1 is 0.656 bits per heavy atom. The highest BCUT2D eigenvalue weighted by molar-refractivity contribution is 5.81. The van der Waals surface area contributed by atoms with Crippen molar-refractivity contribution in [3.63, 3.8) is 0 Å². The van der Waals surface area contributed by atoms with Gasteiger partial charge in [-0.15, -0.1) is 0 Å². The number of aliphatic carboxylic acids is 1. The molecule has 0 saturated carbocycles. The topological polar surface area (TPSA) is 57.5 Å². The van der Waals surface area contributed by atoms with E-state index in [1.807, 2.05) is 30.3 Å². The largest absolute Gasteiger partial charge is 0.481 e. The molecule has 0 aliphatic carbocycles. The van der Waals surface area contributed by atoms with E-state index in [0.29, 0.717) is 12.0 Å². The van der Waals surface area contributed by atoms with Crippen molar-refractivity contribution >= 4 is 5.97 Å². The molecule has 0 radical (unpaired) electrons. The minimum Gasteiger partial charge on any atom is -0.481 e. The summed E-state index contributed by atoms with van der Waals surface area (Å²) in [6, 6.07) is 9.21. The fraction of sp³-hybridized carbons (Fsp3) is 0.759. The van der Waals surface area contributed by atoms with Crippen molar-refractivity contribution in [2.45, 2.75) is 134 Å². The molecule has 0 aliphatic rings. The number of hydrogen-bond donors (Lipinski definition) is 2. The second kappa shape index (κ2) is 19.1. The van der Waals surface area contributed by atoms with Crippen LogP contribution < -0.4 is 0 Å². The number of carboxylic acids is 1. The van der Waals surface area contributed by atoms with Gasteiger partial charge in [0.1, 0.15) is 5.41 Å². The molecule has 0 heterocycles. The number of rotatable bonds is 22. The van der Waals surface area contributed by atoms with Crippen LogP contribution in [0.1, 0.15) is 134 Å². The lowest BCUT2D eigenvalue weighted by Gasteiger charge is -2.27. The number of hydrogen-bond acceptors (Lipinski definition) is 2. The van der Waals surface area contributed by atoms with Crippen molar-refractivity contribution in [3.8, 4) is 0 Å². The standard InChI is InChI=1S/C29H50O3/c1-2-3-4-5-6-7-8-9-10-11-12-13-14-15-16-17-18-22-25-29(26-30,28(31)32)27-23-20-19-21-24-27/h19-21,23-24,30H,2-18,22,25-26H2,1H3,(H,31,32). The summed E-state index contributed by atoms with van der Waals surface area (Å²) in [6.07, 6.45) is 24.3. The van der Waals surface area contributed by atoms with Crippen LogP contribution in [0.3, 0.4) is 0 Å². The number of aliphatic hydroxyl groups excluding tert-OH is 1. The van der Waals surface area contributed by atoms with Crippen molar-refractivity contribution in [3.05, 3.63) is 35.9 Å². The first-order valence-corrected chi connectivity index (χ1v) is 13.6. The Hall–Kier alpha value is -1.35. The third-order valence-electron chi connectivity index (χ3n) is 6.96. The second-order valence-corrected chi connectivity index (χ2v) is 9.67. The van der Waals surface area contributed by atoms with Gasteiger partial charge in [0, 0.05) is 0 Å². The van der Waals surface area contributed by atoms with E-state index < -0.39 is 11.4 Å². The van der Waals surface area contributed by atoms with E-state index in [4.69, 9.17) is 0 Å². The molecule has 184 valence electrons. The first-order valence-electron chi connectivity index (χ1n) is 13.6. The van der Waals surface area contributed by atoms with E-state index in [0.717, 1.165) is 19.3 Å². The van der Waals surface area contributed by atoms with Crippen LogP contribution in [0.15, 0.2) is 30.3 Å². The molecule has 0 bridgehead atoms. The lowest BCUT2D eigenvalue weighted by molar-refractivity contribution is -0.146. The van der Waals surface area contributed by atoms with Gasteiger partial charge >= 0.3 is 5.97 Å². The summed E-state index contributed by atoms with van der Waals surface area (Å²) in [5.74, 6) is -0.918. The smallest absolute Gasteiger partial charge is 0.316 e. The molecule has 0 fully saturated rings. The van der Waals surface area contributed by atoms with Crippen molar-refractivity contribution in [2.75, 3.05) is 6.61 Å².